The van der Waals surface area contributed by atoms with Crippen molar-refractivity contribution in [1.29, 1.82) is 0 Å². The van der Waals surface area contributed by atoms with E-state index in [1.54, 1.807) is 13.2 Å². The lowest BCUT2D eigenvalue weighted by molar-refractivity contribution is -0.113. The number of carbonyl (C=O) groups is 1. The summed E-state index contributed by atoms with van der Waals surface area (Å²) in [6, 6.07) is 8.10. The lowest BCUT2D eigenvalue weighted by Gasteiger charge is -2.20. The maximum Gasteiger partial charge on any atom is 0.235 e. The first-order valence-corrected chi connectivity index (χ1v) is 12.4. The van der Waals surface area contributed by atoms with Crippen molar-refractivity contribution in [3.05, 3.63) is 47.5 Å². The molecule has 3 aliphatic rings. The first-order valence-electron chi connectivity index (χ1n) is 11.5. The molecule has 1 aliphatic carbocycles. The fraction of sp³-hybridized carbons (Fsp3) is 0.417. The highest BCUT2D eigenvalue weighted by Crippen LogP contribution is 2.45. The second kappa shape index (κ2) is 8.75. The normalized spacial score (nSPS) is 23.5. The number of hydrogen-bond acceptors (Lipinski definition) is 8. The molecule has 2 aliphatic heterocycles. The van der Waals surface area contributed by atoms with E-state index in [0.717, 1.165) is 30.2 Å². The first-order chi connectivity index (χ1) is 16.6. The van der Waals surface area contributed by atoms with Crippen LogP contribution in [-0.4, -0.2) is 64.3 Å². The average molecular weight is 481 g/mol. The van der Waals surface area contributed by atoms with E-state index >= 15 is 0 Å². The van der Waals surface area contributed by atoms with Gasteiger partial charge in [-0.2, -0.15) is 0 Å². The molecule has 0 spiro atoms. The van der Waals surface area contributed by atoms with Crippen LogP contribution >= 0.6 is 11.8 Å². The fourth-order valence-corrected chi connectivity index (χ4v) is 5.88. The Hall–Kier alpha value is -2.82. The Bertz CT molecular complexity index is 1260. The number of ether oxygens (including phenoxy) is 1. The summed E-state index contributed by atoms with van der Waals surface area (Å²) in [5.74, 6) is 2.50. The van der Waals surface area contributed by atoms with Crippen LogP contribution in [0.5, 0.6) is 5.88 Å². The van der Waals surface area contributed by atoms with Crippen LogP contribution in [0.4, 0.5) is 10.2 Å². The highest BCUT2D eigenvalue weighted by Gasteiger charge is 2.55. The quantitative estimate of drug-likeness (QED) is 0.533. The minimum absolute atomic E-state index is 0.00138. The van der Waals surface area contributed by atoms with Crippen molar-refractivity contribution in [3.8, 4) is 5.88 Å². The number of carbonyl (C=O) groups excluding carboxylic acids is 1. The van der Waals surface area contributed by atoms with E-state index in [1.165, 1.54) is 18.0 Å². The Labute approximate surface area is 200 Å². The molecule has 10 heteroatoms. The van der Waals surface area contributed by atoms with E-state index in [2.05, 4.69) is 30.5 Å². The number of amides is 1. The number of fused-ring (bicyclic) bond motifs is 3. The highest BCUT2D eigenvalue weighted by atomic mass is 32.2. The number of anilines is 1. The molecular weight excluding hydrogens is 455 g/mol. The van der Waals surface area contributed by atoms with Crippen LogP contribution in [0, 0.1) is 17.7 Å². The minimum Gasteiger partial charge on any atom is -0.481 e. The third-order valence-electron chi connectivity index (χ3n) is 6.95. The van der Waals surface area contributed by atoms with E-state index in [9.17, 15) is 9.18 Å². The van der Waals surface area contributed by atoms with E-state index in [0.29, 0.717) is 64.9 Å². The van der Waals surface area contributed by atoms with E-state index in [-0.39, 0.29) is 11.7 Å². The summed E-state index contributed by atoms with van der Waals surface area (Å²) in [7, 11) is 1.56. The van der Waals surface area contributed by atoms with Gasteiger partial charge >= 0.3 is 0 Å². The number of halogens is 1. The summed E-state index contributed by atoms with van der Waals surface area (Å²) in [6.07, 6.45) is 1.87. The summed E-state index contributed by atoms with van der Waals surface area (Å²) in [5, 5.41) is 6.48. The molecule has 0 bridgehead atoms. The van der Waals surface area contributed by atoms with Gasteiger partial charge in [-0.15, -0.1) is 11.8 Å². The van der Waals surface area contributed by atoms with Crippen molar-refractivity contribution in [1.82, 2.24) is 25.2 Å². The standard InChI is InChI=1S/C24H25FN6O2S/c1-33-21-5-3-18-23(30-21)14(17(25)9-26-18)6-7-31-10-15-16(11-31)22(15)27-8-13-2-4-19-24(28-13)29-20(32)12-34-19/h2-5,9,15-16,22,27H,6-8,10-12H2,1H3,(H,28,29,32)/t15-,16+,22?. The predicted molar refractivity (Wildman–Crippen MR) is 127 cm³/mol. The van der Waals surface area contributed by atoms with Crippen molar-refractivity contribution in [2.75, 3.05) is 37.8 Å². The van der Waals surface area contributed by atoms with Crippen molar-refractivity contribution >= 4 is 34.5 Å². The van der Waals surface area contributed by atoms with Gasteiger partial charge in [-0.25, -0.2) is 14.4 Å². The molecule has 34 heavy (non-hydrogen) atoms. The zero-order chi connectivity index (χ0) is 23.2. The summed E-state index contributed by atoms with van der Waals surface area (Å²) < 4.78 is 19.8. The number of nitrogens with zero attached hydrogens (tertiary/aromatic N) is 4. The van der Waals surface area contributed by atoms with Gasteiger partial charge in [0.25, 0.3) is 0 Å². The highest BCUT2D eigenvalue weighted by molar-refractivity contribution is 8.00. The Morgan fingerprint density at radius 3 is 2.91 bits per heavy atom. The lowest BCUT2D eigenvalue weighted by atomic mass is 10.1. The van der Waals surface area contributed by atoms with Crippen LogP contribution in [-0.2, 0) is 17.8 Å². The molecule has 176 valence electrons. The topological polar surface area (TPSA) is 92.3 Å². The Kier molecular flexibility index (Phi) is 5.59. The molecule has 0 radical (unpaired) electrons. The van der Waals surface area contributed by atoms with Gasteiger partial charge < -0.3 is 20.3 Å². The second-order valence-corrected chi connectivity index (χ2v) is 10.1. The van der Waals surface area contributed by atoms with E-state index in [4.69, 9.17) is 4.74 Å². The zero-order valence-electron chi connectivity index (χ0n) is 18.8. The van der Waals surface area contributed by atoms with E-state index < -0.39 is 0 Å². The molecule has 1 amide bonds. The fourth-order valence-electron chi connectivity index (χ4n) is 5.12. The largest absolute Gasteiger partial charge is 0.481 e. The molecular formula is C24H25FN6O2S. The smallest absolute Gasteiger partial charge is 0.235 e. The number of rotatable bonds is 7. The summed E-state index contributed by atoms with van der Waals surface area (Å²) >= 11 is 1.52. The van der Waals surface area contributed by atoms with Crippen LogP contribution in [0.3, 0.4) is 0 Å². The Morgan fingerprint density at radius 2 is 2.09 bits per heavy atom. The molecule has 1 unspecified atom stereocenters. The van der Waals surface area contributed by atoms with Crippen LogP contribution in [0.1, 0.15) is 11.3 Å². The van der Waals surface area contributed by atoms with Gasteiger partial charge in [0, 0.05) is 43.9 Å². The number of thioether (sulfide) groups is 1. The number of methoxy groups -OCH3 is 1. The molecule has 8 nitrogen and oxygen atoms in total. The zero-order valence-corrected chi connectivity index (χ0v) is 19.6. The van der Waals surface area contributed by atoms with Crippen molar-refractivity contribution in [2.45, 2.75) is 23.9 Å². The Morgan fingerprint density at radius 1 is 1.24 bits per heavy atom. The van der Waals surface area contributed by atoms with E-state index in [1.807, 2.05) is 18.2 Å². The minimum atomic E-state index is -0.315. The third-order valence-corrected chi connectivity index (χ3v) is 7.99. The number of aromatic nitrogens is 3. The van der Waals surface area contributed by atoms with Crippen LogP contribution < -0.4 is 15.4 Å². The number of hydrogen-bond donors (Lipinski definition) is 2. The Balaban J connectivity index is 1.03. The maximum atomic E-state index is 14.6. The molecule has 3 aromatic heterocycles. The number of pyridine rings is 3. The first kappa shape index (κ1) is 21.7. The number of piperidine rings is 1. The van der Waals surface area contributed by atoms with Gasteiger partial charge in [0.2, 0.25) is 11.8 Å². The molecule has 5 heterocycles. The van der Waals surface area contributed by atoms with Gasteiger partial charge in [0.1, 0.15) is 11.6 Å². The molecule has 2 fully saturated rings. The van der Waals surface area contributed by atoms with Crippen molar-refractivity contribution in [3.63, 3.8) is 0 Å². The second-order valence-electron chi connectivity index (χ2n) is 9.04. The van der Waals surface area contributed by atoms with Crippen LogP contribution in [0.15, 0.2) is 35.4 Å². The summed E-state index contributed by atoms with van der Waals surface area (Å²) in [6.45, 7) is 3.49. The van der Waals surface area contributed by atoms with Gasteiger partial charge in [-0.1, -0.05) is 0 Å². The lowest BCUT2D eigenvalue weighted by Crippen LogP contribution is -2.32. The number of nitrogens with one attached hydrogen (secondary N) is 2. The number of likely N-dealkylation sites (tertiary alicyclic amines) is 1. The van der Waals surface area contributed by atoms with Gasteiger partial charge in [0.15, 0.2) is 0 Å². The molecule has 6 rings (SSSR count). The molecule has 1 saturated heterocycles. The van der Waals surface area contributed by atoms with Crippen LogP contribution in [0.2, 0.25) is 0 Å². The average Bonchev–Trinajstić information content (AvgIpc) is 3.30. The molecule has 1 saturated carbocycles. The van der Waals surface area contributed by atoms with Crippen LogP contribution in [0.25, 0.3) is 11.0 Å². The predicted octanol–water partition coefficient (Wildman–Crippen LogP) is 2.48. The molecule has 2 N–H and O–H groups in total. The van der Waals surface area contributed by atoms with Gasteiger partial charge in [-0.05, 0) is 36.5 Å². The monoisotopic (exact) mass is 480 g/mol. The third kappa shape index (κ3) is 4.10. The summed E-state index contributed by atoms with van der Waals surface area (Å²) in [4.78, 5) is 28.2. The van der Waals surface area contributed by atoms with Gasteiger partial charge in [0.05, 0.1) is 40.7 Å². The van der Waals surface area contributed by atoms with Crippen molar-refractivity contribution < 1.29 is 13.9 Å². The maximum absolute atomic E-state index is 14.6. The molecule has 3 atom stereocenters. The molecule has 3 aromatic rings. The summed E-state index contributed by atoms with van der Waals surface area (Å²) in [5.41, 5.74) is 2.80. The van der Waals surface area contributed by atoms with Crippen molar-refractivity contribution in [2.24, 2.45) is 11.8 Å². The molecule has 0 aromatic carbocycles. The SMILES string of the molecule is COc1ccc2ncc(F)c(CCN3C[C@@H]4C(NCc5ccc6c(n5)NC(=O)CS6)[C@@H]4C3)c2n1. The van der Waals surface area contributed by atoms with Gasteiger partial charge in [-0.3, -0.25) is 9.78 Å².